The Morgan fingerprint density at radius 2 is 1.61 bits per heavy atom. The summed E-state index contributed by atoms with van der Waals surface area (Å²) in [5.74, 6) is 0.687. The summed E-state index contributed by atoms with van der Waals surface area (Å²) in [5.41, 5.74) is 2.75. The van der Waals surface area contributed by atoms with Crippen LogP contribution >= 0.6 is 0 Å². The lowest BCUT2D eigenvalue weighted by Crippen LogP contribution is -1.92. The van der Waals surface area contributed by atoms with E-state index in [1.807, 2.05) is 6.08 Å². The van der Waals surface area contributed by atoms with E-state index < -0.39 is 0 Å². The van der Waals surface area contributed by atoms with Gasteiger partial charge in [-0.2, -0.15) is 0 Å². The Morgan fingerprint density at radius 1 is 1.00 bits per heavy atom. The average Bonchev–Trinajstić information content (AvgIpc) is 2.25. The van der Waals surface area contributed by atoms with E-state index in [-0.39, 0.29) is 5.78 Å². The van der Waals surface area contributed by atoms with Gasteiger partial charge in [0.15, 0.2) is 5.78 Å². The first kappa shape index (κ1) is 16.9. The molecule has 0 saturated heterocycles. The van der Waals surface area contributed by atoms with Crippen molar-refractivity contribution in [2.45, 2.75) is 60.3 Å². The zero-order valence-corrected chi connectivity index (χ0v) is 12.6. The van der Waals surface area contributed by atoms with Gasteiger partial charge in [-0.15, -0.1) is 0 Å². The highest BCUT2D eigenvalue weighted by molar-refractivity contribution is 5.89. The van der Waals surface area contributed by atoms with E-state index in [1.54, 1.807) is 6.08 Å². The van der Waals surface area contributed by atoms with E-state index in [0.29, 0.717) is 12.3 Å². The van der Waals surface area contributed by atoms with E-state index in [4.69, 9.17) is 0 Å². The molecule has 0 aliphatic heterocycles. The van der Waals surface area contributed by atoms with Crippen molar-refractivity contribution in [1.29, 1.82) is 0 Å². The van der Waals surface area contributed by atoms with Gasteiger partial charge in [-0.25, -0.2) is 0 Å². The number of ketones is 1. The molecular weight excluding hydrogens is 220 g/mol. The van der Waals surface area contributed by atoms with Gasteiger partial charge in [0.2, 0.25) is 0 Å². The molecule has 0 aromatic rings. The van der Waals surface area contributed by atoms with Crippen LogP contribution in [-0.2, 0) is 4.79 Å². The van der Waals surface area contributed by atoms with Gasteiger partial charge in [-0.1, -0.05) is 43.2 Å². The summed E-state index contributed by atoms with van der Waals surface area (Å²) in [5, 5.41) is 0. The van der Waals surface area contributed by atoms with Crippen molar-refractivity contribution >= 4 is 5.78 Å². The number of rotatable bonds is 8. The first-order chi connectivity index (χ1) is 8.41. The lowest BCUT2D eigenvalue weighted by Gasteiger charge is -1.99. The van der Waals surface area contributed by atoms with E-state index in [0.717, 1.165) is 19.3 Å². The van der Waals surface area contributed by atoms with Crippen molar-refractivity contribution < 1.29 is 4.79 Å². The predicted molar refractivity (Wildman–Crippen MR) is 80.6 cm³/mol. The second kappa shape index (κ2) is 9.87. The summed E-state index contributed by atoms with van der Waals surface area (Å²) >= 11 is 0. The number of carbonyl (C=O) groups excluding carboxylic acids is 1. The Balaban J connectivity index is 3.87. The summed E-state index contributed by atoms with van der Waals surface area (Å²) in [6, 6.07) is 0. The van der Waals surface area contributed by atoms with Crippen LogP contribution in [0.2, 0.25) is 0 Å². The average molecular weight is 248 g/mol. The molecule has 0 aliphatic carbocycles. The van der Waals surface area contributed by atoms with E-state index in [9.17, 15) is 4.79 Å². The van der Waals surface area contributed by atoms with Crippen LogP contribution in [0.5, 0.6) is 0 Å². The Labute approximate surface area is 113 Å². The van der Waals surface area contributed by atoms with Gasteiger partial charge in [0.1, 0.15) is 0 Å². The molecule has 1 heteroatoms. The first-order valence-corrected chi connectivity index (χ1v) is 6.92. The molecule has 0 heterocycles. The lowest BCUT2D eigenvalue weighted by atomic mass is 10.1. The molecule has 102 valence electrons. The molecule has 0 N–H and O–H groups in total. The molecular formula is C17H28O. The van der Waals surface area contributed by atoms with Crippen molar-refractivity contribution in [2.75, 3.05) is 0 Å². The van der Waals surface area contributed by atoms with Gasteiger partial charge >= 0.3 is 0 Å². The highest BCUT2D eigenvalue weighted by Crippen LogP contribution is 2.09. The van der Waals surface area contributed by atoms with Gasteiger partial charge in [-0.05, 0) is 52.0 Å². The summed E-state index contributed by atoms with van der Waals surface area (Å²) in [4.78, 5) is 11.5. The van der Waals surface area contributed by atoms with Gasteiger partial charge in [-0.3, -0.25) is 4.79 Å². The maximum absolute atomic E-state index is 11.5. The summed E-state index contributed by atoms with van der Waals surface area (Å²) < 4.78 is 0. The molecule has 0 aromatic heterocycles. The van der Waals surface area contributed by atoms with Crippen LogP contribution in [0.3, 0.4) is 0 Å². The van der Waals surface area contributed by atoms with Crippen molar-refractivity contribution in [3.8, 4) is 0 Å². The fourth-order valence-electron chi connectivity index (χ4n) is 1.53. The van der Waals surface area contributed by atoms with Crippen LogP contribution < -0.4 is 0 Å². The van der Waals surface area contributed by atoms with Gasteiger partial charge in [0.05, 0.1) is 0 Å². The minimum Gasteiger partial charge on any atom is -0.295 e. The van der Waals surface area contributed by atoms with Gasteiger partial charge < -0.3 is 0 Å². The molecule has 0 aromatic carbocycles. The van der Waals surface area contributed by atoms with E-state index in [2.05, 4.69) is 46.8 Å². The van der Waals surface area contributed by atoms with Crippen LogP contribution in [0.15, 0.2) is 35.5 Å². The quantitative estimate of drug-likeness (QED) is 0.424. The lowest BCUT2D eigenvalue weighted by molar-refractivity contribution is -0.114. The van der Waals surface area contributed by atoms with Gasteiger partial charge in [0, 0.05) is 6.42 Å². The topological polar surface area (TPSA) is 17.1 Å². The SMILES string of the molecule is CC(C)=CCC/C(C)=C/CCC(=O)/C=C/C(C)C. The van der Waals surface area contributed by atoms with Crippen LogP contribution in [0.1, 0.15) is 60.3 Å². The molecule has 0 rings (SSSR count). The maximum atomic E-state index is 11.5. The predicted octanol–water partition coefficient (Wildman–Crippen LogP) is 5.24. The zero-order valence-electron chi connectivity index (χ0n) is 12.6. The largest absolute Gasteiger partial charge is 0.295 e. The fourth-order valence-corrected chi connectivity index (χ4v) is 1.53. The highest BCUT2D eigenvalue weighted by atomic mass is 16.1. The van der Waals surface area contributed by atoms with Crippen LogP contribution in [0.25, 0.3) is 0 Å². The molecule has 18 heavy (non-hydrogen) atoms. The fraction of sp³-hybridized carbons (Fsp3) is 0.588. The van der Waals surface area contributed by atoms with Crippen molar-refractivity contribution in [1.82, 2.24) is 0 Å². The Morgan fingerprint density at radius 3 is 2.17 bits per heavy atom. The first-order valence-electron chi connectivity index (χ1n) is 6.92. The minimum absolute atomic E-state index is 0.233. The molecule has 0 fully saturated rings. The minimum atomic E-state index is 0.233. The number of hydrogen-bond acceptors (Lipinski definition) is 1. The Kier molecular flexibility index (Phi) is 9.26. The van der Waals surface area contributed by atoms with E-state index >= 15 is 0 Å². The molecule has 0 aliphatic rings. The summed E-state index contributed by atoms with van der Waals surface area (Å²) in [7, 11) is 0. The van der Waals surface area contributed by atoms with Crippen LogP contribution in [0, 0.1) is 5.92 Å². The second-order valence-corrected chi connectivity index (χ2v) is 5.48. The Hall–Kier alpha value is -1.11. The molecule has 0 unspecified atom stereocenters. The summed E-state index contributed by atoms with van der Waals surface area (Å²) in [6.45, 7) is 10.6. The molecule has 0 spiro atoms. The second-order valence-electron chi connectivity index (χ2n) is 5.48. The smallest absolute Gasteiger partial charge is 0.155 e. The third kappa shape index (κ3) is 11.4. The summed E-state index contributed by atoms with van der Waals surface area (Å²) in [6.07, 6.45) is 11.8. The monoisotopic (exact) mass is 248 g/mol. The number of carbonyl (C=O) groups is 1. The van der Waals surface area contributed by atoms with Crippen molar-refractivity contribution in [2.24, 2.45) is 5.92 Å². The Bertz CT molecular complexity index is 326. The van der Waals surface area contributed by atoms with Crippen LogP contribution in [0.4, 0.5) is 0 Å². The van der Waals surface area contributed by atoms with Crippen LogP contribution in [-0.4, -0.2) is 5.78 Å². The van der Waals surface area contributed by atoms with Gasteiger partial charge in [0.25, 0.3) is 0 Å². The molecule has 1 nitrogen and oxygen atoms in total. The molecule has 0 amide bonds. The molecule has 0 atom stereocenters. The number of allylic oxidation sites excluding steroid dienone is 6. The zero-order chi connectivity index (χ0) is 14.0. The van der Waals surface area contributed by atoms with Crippen molar-refractivity contribution in [3.05, 3.63) is 35.5 Å². The molecule has 0 radical (unpaired) electrons. The molecule has 0 bridgehead atoms. The normalized spacial score (nSPS) is 12.2. The third-order valence-electron chi connectivity index (χ3n) is 2.64. The molecule has 0 saturated carbocycles. The standard InChI is InChI=1S/C17H28O/c1-14(2)8-6-9-16(5)10-7-11-17(18)13-12-15(3)4/h8,10,12-13,15H,6-7,9,11H2,1-5H3/b13-12+,16-10+. The van der Waals surface area contributed by atoms with E-state index in [1.165, 1.54) is 11.1 Å². The highest BCUT2D eigenvalue weighted by Gasteiger charge is 1.96. The number of hydrogen-bond donors (Lipinski definition) is 0. The van der Waals surface area contributed by atoms with Crippen molar-refractivity contribution in [3.63, 3.8) is 0 Å². The third-order valence-corrected chi connectivity index (χ3v) is 2.64. The maximum Gasteiger partial charge on any atom is 0.155 e.